The van der Waals surface area contributed by atoms with Gasteiger partial charge in [-0.25, -0.2) is 9.97 Å². The topological polar surface area (TPSA) is 77.2 Å². The summed E-state index contributed by atoms with van der Waals surface area (Å²) < 4.78 is 11.1. The molecule has 0 aromatic carbocycles. The molecule has 132 valence electrons. The molecule has 0 amide bonds. The lowest BCUT2D eigenvalue weighted by Crippen LogP contribution is -2.20. The van der Waals surface area contributed by atoms with Crippen LogP contribution in [0.1, 0.15) is 55.7 Å². The van der Waals surface area contributed by atoms with Gasteiger partial charge in [0.1, 0.15) is 17.7 Å². The molecule has 0 N–H and O–H groups in total. The van der Waals surface area contributed by atoms with Crippen LogP contribution in [0.25, 0.3) is 0 Å². The minimum absolute atomic E-state index is 0.180. The van der Waals surface area contributed by atoms with Gasteiger partial charge in [0, 0.05) is 24.9 Å². The van der Waals surface area contributed by atoms with E-state index in [0.717, 1.165) is 22.9 Å². The van der Waals surface area contributed by atoms with E-state index < -0.39 is 0 Å². The Morgan fingerprint density at radius 1 is 1.08 bits per heavy atom. The van der Waals surface area contributed by atoms with Gasteiger partial charge in [-0.15, -0.1) is 0 Å². The summed E-state index contributed by atoms with van der Waals surface area (Å²) in [7, 11) is 1.96. The van der Waals surface area contributed by atoms with Crippen LogP contribution in [0.2, 0.25) is 0 Å². The third-order valence-corrected chi connectivity index (χ3v) is 3.74. The predicted molar refractivity (Wildman–Crippen MR) is 91.9 cm³/mol. The SMILES string of the molecule is Cc1nc(C)c(C)c(N(C)Cc2nc([C@@H](C)OCC(C)C)no2)n1. The number of rotatable bonds is 7. The molecule has 24 heavy (non-hydrogen) atoms. The van der Waals surface area contributed by atoms with Gasteiger partial charge in [0.2, 0.25) is 5.89 Å². The fourth-order valence-electron chi connectivity index (χ4n) is 2.31. The van der Waals surface area contributed by atoms with Crippen molar-refractivity contribution in [2.75, 3.05) is 18.6 Å². The zero-order valence-electron chi connectivity index (χ0n) is 15.6. The van der Waals surface area contributed by atoms with Crippen molar-refractivity contribution in [2.24, 2.45) is 5.92 Å². The first-order valence-corrected chi connectivity index (χ1v) is 8.25. The molecule has 1 atom stereocenters. The first-order valence-electron chi connectivity index (χ1n) is 8.25. The molecule has 2 aromatic rings. The van der Waals surface area contributed by atoms with Gasteiger partial charge in [0.15, 0.2) is 5.82 Å². The number of aromatic nitrogens is 4. The molecule has 7 heteroatoms. The van der Waals surface area contributed by atoms with Crippen LogP contribution in [0.5, 0.6) is 0 Å². The second-order valence-corrected chi connectivity index (χ2v) is 6.58. The molecule has 0 aliphatic carbocycles. The van der Waals surface area contributed by atoms with Gasteiger partial charge in [-0.05, 0) is 33.6 Å². The zero-order valence-corrected chi connectivity index (χ0v) is 15.6. The molecule has 2 heterocycles. The summed E-state index contributed by atoms with van der Waals surface area (Å²) in [5, 5.41) is 4.03. The second-order valence-electron chi connectivity index (χ2n) is 6.58. The van der Waals surface area contributed by atoms with Crippen LogP contribution >= 0.6 is 0 Å². The highest BCUT2D eigenvalue weighted by atomic mass is 16.5. The van der Waals surface area contributed by atoms with Crippen molar-refractivity contribution < 1.29 is 9.26 Å². The van der Waals surface area contributed by atoms with E-state index >= 15 is 0 Å². The molecular formula is C17H27N5O2. The molecule has 7 nitrogen and oxygen atoms in total. The maximum atomic E-state index is 5.72. The van der Waals surface area contributed by atoms with Crippen LogP contribution in [0.3, 0.4) is 0 Å². The second kappa shape index (κ2) is 7.70. The fraction of sp³-hybridized carbons (Fsp3) is 0.647. The Morgan fingerprint density at radius 2 is 1.79 bits per heavy atom. The number of hydrogen-bond acceptors (Lipinski definition) is 7. The molecule has 0 aliphatic rings. The highest BCUT2D eigenvalue weighted by molar-refractivity contribution is 5.47. The number of nitrogens with zero attached hydrogens (tertiary/aromatic N) is 5. The van der Waals surface area contributed by atoms with Gasteiger partial charge in [-0.3, -0.25) is 0 Å². The Hall–Kier alpha value is -2.02. The highest BCUT2D eigenvalue weighted by Gasteiger charge is 2.17. The standard InChI is InChI=1S/C17H27N5O2/c1-10(2)9-23-13(5)16-20-15(24-21-16)8-22(7)17-11(3)12(4)18-14(6)19-17/h10,13H,8-9H2,1-7H3/t13-/m1/s1. The van der Waals surface area contributed by atoms with Crippen molar-refractivity contribution in [3.05, 3.63) is 28.8 Å². The van der Waals surface area contributed by atoms with E-state index in [-0.39, 0.29) is 6.10 Å². The Kier molecular flexibility index (Phi) is 5.88. The van der Waals surface area contributed by atoms with Crippen LogP contribution in [-0.4, -0.2) is 33.8 Å². The average molecular weight is 333 g/mol. The number of anilines is 1. The maximum absolute atomic E-state index is 5.72. The van der Waals surface area contributed by atoms with Gasteiger partial charge in [0.05, 0.1) is 6.54 Å². The molecule has 0 unspecified atom stereocenters. The molecular weight excluding hydrogens is 306 g/mol. The summed E-state index contributed by atoms with van der Waals surface area (Å²) in [6.07, 6.45) is -0.180. The van der Waals surface area contributed by atoms with Crippen molar-refractivity contribution in [3.8, 4) is 0 Å². The lowest BCUT2D eigenvalue weighted by molar-refractivity contribution is 0.0402. The first-order chi connectivity index (χ1) is 11.3. The quantitative estimate of drug-likeness (QED) is 0.770. The van der Waals surface area contributed by atoms with E-state index in [9.17, 15) is 0 Å². The van der Waals surface area contributed by atoms with Gasteiger partial charge in [-0.2, -0.15) is 4.98 Å². The van der Waals surface area contributed by atoms with Gasteiger partial charge in [0.25, 0.3) is 0 Å². The van der Waals surface area contributed by atoms with Gasteiger partial charge < -0.3 is 14.2 Å². The minimum Gasteiger partial charge on any atom is -0.370 e. The summed E-state index contributed by atoms with van der Waals surface area (Å²) in [6, 6.07) is 0. The lowest BCUT2D eigenvalue weighted by Gasteiger charge is -2.19. The normalized spacial score (nSPS) is 12.7. The molecule has 0 bridgehead atoms. The molecule has 2 aromatic heterocycles. The van der Waals surface area contributed by atoms with E-state index in [2.05, 4.69) is 34.0 Å². The van der Waals surface area contributed by atoms with Crippen molar-refractivity contribution >= 4 is 5.82 Å². The molecule has 0 saturated heterocycles. The summed E-state index contributed by atoms with van der Waals surface area (Å²) in [5.74, 6) is 3.22. The van der Waals surface area contributed by atoms with E-state index in [0.29, 0.717) is 30.8 Å². The maximum Gasteiger partial charge on any atom is 0.246 e. The minimum atomic E-state index is -0.180. The number of aryl methyl sites for hydroxylation is 2. The number of hydrogen-bond donors (Lipinski definition) is 0. The van der Waals surface area contributed by atoms with Crippen LogP contribution < -0.4 is 4.90 Å². The number of ether oxygens (including phenoxy) is 1. The van der Waals surface area contributed by atoms with E-state index in [1.165, 1.54) is 0 Å². The van der Waals surface area contributed by atoms with Crippen molar-refractivity contribution in [2.45, 2.75) is 54.2 Å². The van der Waals surface area contributed by atoms with Crippen molar-refractivity contribution in [3.63, 3.8) is 0 Å². The summed E-state index contributed by atoms with van der Waals surface area (Å²) in [4.78, 5) is 15.3. The van der Waals surface area contributed by atoms with Gasteiger partial charge in [-0.1, -0.05) is 19.0 Å². The van der Waals surface area contributed by atoms with Crippen LogP contribution in [0, 0.1) is 26.7 Å². The molecule has 0 fully saturated rings. The van der Waals surface area contributed by atoms with E-state index in [1.807, 2.05) is 39.6 Å². The van der Waals surface area contributed by atoms with Crippen molar-refractivity contribution in [1.29, 1.82) is 0 Å². The smallest absolute Gasteiger partial charge is 0.246 e. The van der Waals surface area contributed by atoms with Gasteiger partial charge >= 0.3 is 0 Å². The molecule has 0 aliphatic heterocycles. The molecule has 0 spiro atoms. The molecule has 0 radical (unpaired) electrons. The first kappa shape index (κ1) is 18.3. The zero-order chi connectivity index (χ0) is 17.9. The summed E-state index contributed by atoms with van der Waals surface area (Å²) in [5.41, 5.74) is 2.03. The van der Waals surface area contributed by atoms with Crippen LogP contribution in [0.4, 0.5) is 5.82 Å². The molecule has 0 saturated carbocycles. The monoisotopic (exact) mass is 333 g/mol. The van der Waals surface area contributed by atoms with E-state index in [4.69, 9.17) is 9.26 Å². The Morgan fingerprint density at radius 3 is 2.46 bits per heavy atom. The van der Waals surface area contributed by atoms with Crippen LogP contribution in [0.15, 0.2) is 4.52 Å². The average Bonchev–Trinajstić information content (AvgIpc) is 2.96. The highest BCUT2D eigenvalue weighted by Crippen LogP contribution is 2.21. The Balaban J connectivity index is 2.07. The lowest BCUT2D eigenvalue weighted by atomic mass is 10.2. The Labute approximate surface area is 143 Å². The summed E-state index contributed by atoms with van der Waals surface area (Å²) in [6.45, 7) is 13.2. The fourth-order valence-corrected chi connectivity index (χ4v) is 2.31. The summed E-state index contributed by atoms with van der Waals surface area (Å²) >= 11 is 0. The Bertz CT molecular complexity index is 684. The van der Waals surface area contributed by atoms with Crippen molar-refractivity contribution in [1.82, 2.24) is 20.1 Å². The third kappa shape index (κ3) is 4.50. The van der Waals surface area contributed by atoms with E-state index in [1.54, 1.807) is 0 Å². The predicted octanol–water partition coefficient (Wildman–Crippen LogP) is 3.15. The van der Waals surface area contributed by atoms with Crippen LogP contribution in [-0.2, 0) is 11.3 Å². The largest absolute Gasteiger partial charge is 0.370 e. The molecule has 2 rings (SSSR count). The third-order valence-electron chi connectivity index (χ3n) is 3.74.